The SMILES string of the molecule is Cc1cc(NC(=O)C(C)n2nc(-c3cccs3)ccc2=O)sn1. The number of aromatic nitrogens is 3. The molecule has 8 heteroatoms. The highest BCUT2D eigenvalue weighted by molar-refractivity contribution is 7.13. The average molecular weight is 346 g/mol. The second-order valence-electron chi connectivity index (χ2n) is 4.98. The first kappa shape index (κ1) is 15.6. The number of aryl methyl sites for hydroxylation is 1. The molecule has 3 heterocycles. The van der Waals surface area contributed by atoms with E-state index < -0.39 is 6.04 Å². The molecule has 3 aromatic heterocycles. The third-order valence-electron chi connectivity index (χ3n) is 3.22. The first-order valence-corrected chi connectivity index (χ1v) is 8.58. The predicted octanol–water partition coefficient (Wildman–Crippen LogP) is 2.94. The van der Waals surface area contributed by atoms with Gasteiger partial charge in [0.15, 0.2) is 0 Å². The maximum absolute atomic E-state index is 12.3. The fourth-order valence-electron chi connectivity index (χ4n) is 2.02. The smallest absolute Gasteiger partial charge is 0.267 e. The second kappa shape index (κ2) is 6.43. The minimum Gasteiger partial charge on any atom is -0.315 e. The van der Waals surface area contributed by atoms with Crippen molar-refractivity contribution in [2.24, 2.45) is 0 Å². The third-order valence-corrected chi connectivity index (χ3v) is 4.91. The predicted molar refractivity (Wildman–Crippen MR) is 92.0 cm³/mol. The van der Waals surface area contributed by atoms with E-state index in [9.17, 15) is 9.59 Å². The number of hydrogen-bond acceptors (Lipinski definition) is 6. The van der Waals surface area contributed by atoms with Crippen molar-refractivity contribution < 1.29 is 4.79 Å². The van der Waals surface area contributed by atoms with E-state index in [1.54, 1.807) is 19.1 Å². The van der Waals surface area contributed by atoms with Crippen LogP contribution in [0.25, 0.3) is 10.6 Å². The summed E-state index contributed by atoms with van der Waals surface area (Å²) in [5.74, 6) is -0.299. The van der Waals surface area contributed by atoms with Crippen LogP contribution in [0.2, 0.25) is 0 Å². The molecular formula is C15H14N4O2S2. The highest BCUT2D eigenvalue weighted by Gasteiger charge is 2.19. The lowest BCUT2D eigenvalue weighted by molar-refractivity contribution is -0.119. The van der Waals surface area contributed by atoms with E-state index in [2.05, 4.69) is 14.8 Å². The van der Waals surface area contributed by atoms with Crippen LogP contribution >= 0.6 is 22.9 Å². The van der Waals surface area contributed by atoms with Crippen molar-refractivity contribution in [2.45, 2.75) is 19.9 Å². The molecular weight excluding hydrogens is 332 g/mol. The fraction of sp³-hybridized carbons (Fsp3) is 0.200. The van der Waals surface area contributed by atoms with Crippen molar-refractivity contribution in [1.82, 2.24) is 14.2 Å². The lowest BCUT2D eigenvalue weighted by Crippen LogP contribution is -2.33. The molecule has 6 nitrogen and oxygen atoms in total. The van der Waals surface area contributed by atoms with Gasteiger partial charge in [0.2, 0.25) is 5.91 Å². The van der Waals surface area contributed by atoms with E-state index in [1.807, 2.05) is 24.4 Å². The Bertz CT molecular complexity index is 883. The van der Waals surface area contributed by atoms with Gasteiger partial charge in [-0.3, -0.25) is 9.59 Å². The Morgan fingerprint density at radius 3 is 2.83 bits per heavy atom. The topological polar surface area (TPSA) is 76.9 Å². The molecule has 1 N–H and O–H groups in total. The number of nitrogens with zero attached hydrogens (tertiary/aromatic N) is 3. The fourth-order valence-corrected chi connectivity index (χ4v) is 3.37. The Kier molecular flexibility index (Phi) is 4.35. The van der Waals surface area contributed by atoms with Crippen LogP contribution < -0.4 is 10.9 Å². The van der Waals surface area contributed by atoms with Crippen molar-refractivity contribution in [3.8, 4) is 10.6 Å². The zero-order valence-electron chi connectivity index (χ0n) is 12.5. The molecule has 0 aliphatic rings. The van der Waals surface area contributed by atoms with Gasteiger partial charge in [-0.25, -0.2) is 4.68 Å². The van der Waals surface area contributed by atoms with Gasteiger partial charge in [-0.05, 0) is 49.0 Å². The number of anilines is 1. The minimum atomic E-state index is -0.718. The van der Waals surface area contributed by atoms with Crippen LogP contribution in [-0.4, -0.2) is 20.1 Å². The normalized spacial score (nSPS) is 12.1. The standard InChI is InChI=1S/C15H14N4O2S2/c1-9-8-13(23-18-9)16-15(21)10(2)19-14(20)6-5-11(17-19)12-4-3-7-22-12/h3-8,10H,1-2H3,(H,16,21). The van der Waals surface area contributed by atoms with E-state index in [4.69, 9.17) is 0 Å². The van der Waals surface area contributed by atoms with Gasteiger partial charge in [0.25, 0.3) is 5.56 Å². The Morgan fingerprint density at radius 2 is 2.17 bits per heavy atom. The number of amides is 1. The molecule has 0 aliphatic carbocycles. The Labute approximate surface area is 140 Å². The summed E-state index contributed by atoms with van der Waals surface area (Å²) in [4.78, 5) is 25.3. The van der Waals surface area contributed by atoms with Crippen LogP contribution in [-0.2, 0) is 4.79 Å². The van der Waals surface area contributed by atoms with Crippen LogP contribution in [0.5, 0.6) is 0 Å². The van der Waals surface area contributed by atoms with Gasteiger partial charge in [-0.2, -0.15) is 9.47 Å². The number of carbonyl (C=O) groups is 1. The minimum absolute atomic E-state index is 0.299. The van der Waals surface area contributed by atoms with Crippen molar-refractivity contribution >= 4 is 33.8 Å². The zero-order chi connectivity index (χ0) is 16.4. The van der Waals surface area contributed by atoms with Crippen molar-refractivity contribution in [3.05, 3.63) is 51.8 Å². The molecule has 1 amide bonds. The number of thiophene rings is 1. The van der Waals surface area contributed by atoms with E-state index >= 15 is 0 Å². The molecule has 0 saturated heterocycles. The summed E-state index contributed by atoms with van der Waals surface area (Å²) in [6.45, 7) is 3.50. The summed E-state index contributed by atoms with van der Waals surface area (Å²) in [6, 6.07) is 8.01. The Balaban J connectivity index is 1.86. The lowest BCUT2D eigenvalue weighted by atomic mass is 10.3. The van der Waals surface area contributed by atoms with Gasteiger partial charge in [-0.15, -0.1) is 11.3 Å². The second-order valence-corrected chi connectivity index (χ2v) is 6.73. The van der Waals surface area contributed by atoms with Gasteiger partial charge >= 0.3 is 0 Å². The molecule has 1 atom stereocenters. The van der Waals surface area contributed by atoms with Crippen LogP contribution in [0, 0.1) is 6.92 Å². The van der Waals surface area contributed by atoms with E-state index in [0.717, 1.165) is 10.6 Å². The van der Waals surface area contributed by atoms with E-state index in [0.29, 0.717) is 10.7 Å². The van der Waals surface area contributed by atoms with Gasteiger partial charge < -0.3 is 5.32 Å². The van der Waals surface area contributed by atoms with Gasteiger partial charge in [-0.1, -0.05) is 6.07 Å². The molecule has 118 valence electrons. The van der Waals surface area contributed by atoms with Crippen LogP contribution in [0.15, 0.2) is 40.5 Å². The molecule has 0 aromatic carbocycles. The molecule has 0 radical (unpaired) electrons. The highest BCUT2D eigenvalue weighted by atomic mass is 32.1. The van der Waals surface area contributed by atoms with Gasteiger partial charge in [0.05, 0.1) is 10.6 Å². The summed E-state index contributed by atoms with van der Waals surface area (Å²) in [5, 5.41) is 9.68. The molecule has 0 bridgehead atoms. The quantitative estimate of drug-likeness (QED) is 0.788. The molecule has 23 heavy (non-hydrogen) atoms. The molecule has 0 spiro atoms. The largest absolute Gasteiger partial charge is 0.315 e. The monoisotopic (exact) mass is 346 g/mol. The molecule has 3 rings (SSSR count). The highest BCUT2D eigenvalue weighted by Crippen LogP contribution is 2.22. The lowest BCUT2D eigenvalue weighted by Gasteiger charge is -2.13. The zero-order valence-corrected chi connectivity index (χ0v) is 14.1. The number of hydrogen-bond donors (Lipinski definition) is 1. The first-order valence-electron chi connectivity index (χ1n) is 6.92. The summed E-state index contributed by atoms with van der Waals surface area (Å²) in [5.41, 5.74) is 1.20. The first-order chi connectivity index (χ1) is 11.0. The van der Waals surface area contributed by atoms with Crippen molar-refractivity contribution in [3.63, 3.8) is 0 Å². The summed E-state index contributed by atoms with van der Waals surface area (Å²) in [7, 11) is 0. The van der Waals surface area contributed by atoms with E-state index in [1.165, 1.54) is 33.6 Å². The van der Waals surface area contributed by atoms with E-state index in [-0.39, 0.29) is 11.5 Å². The maximum Gasteiger partial charge on any atom is 0.267 e. The Hall–Kier alpha value is -2.32. The molecule has 0 fully saturated rings. The molecule has 3 aromatic rings. The van der Waals surface area contributed by atoms with Crippen molar-refractivity contribution in [1.29, 1.82) is 0 Å². The maximum atomic E-state index is 12.3. The molecule has 0 aliphatic heterocycles. The number of rotatable bonds is 4. The van der Waals surface area contributed by atoms with Gasteiger partial charge in [0.1, 0.15) is 16.7 Å². The third kappa shape index (κ3) is 3.38. The summed E-state index contributed by atoms with van der Waals surface area (Å²) >= 11 is 2.74. The summed E-state index contributed by atoms with van der Waals surface area (Å²) < 4.78 is 5.32. The van der Waals surface area contributed by atoms with Crippen LogP contribution in [0.1, 0.15) is 18.7 Å². The van der Waals surface area contributed by atoms with Crippen LogP contribution in [0.4, 0.5) is 5.00 Å². The summed E-state index contributed by atoms with van der Waals surface area (Å²) in [6.07, 6.45) is 0. The van der Waals surface area contributed by atoms with Crippen molar-refractivity contribution in [2.75, 3.05) is 5.32 Å². The van der Waals surface area contributed by atoms with Crippen LogP contribution in [0.3, 0.4) is 0 Å². The average Bonchev–Trinajstić information content (AvgIpc) is 3.19. The number of nitrogens with one attached hydrogen (secondary N) is 1. The number of carbonyl (C=O) groups excluding carboxylic acids is 1. The molecule has 0 saturated carbocycles. The molecule has 1 unspecified atom stereocenters. The Morgan fingerprint density at radius 1 is 1.35 bits per heavy atom. The van der Waals surface area contributed by atoms with Gasteiger partial charge in [0, 0.05) is 6.07 Å².